The molecule has 0 saturated heterocycles. The lowest BCUT2D eigenvalue weighted by atomic mass is 10.0. The Morgan fingerprint density at radius 2 is 2.04 bits per heavy atom. The predicted molar refractivity (Wildman–Crippen MR) is 86.7 cm³/mol. The van der Waals surface area contributed by atoms with Gasteiger partial charge in [-0.15, -0.1) is 5.10 Å². The van der Waals surface area contributed by atoms with E-state index in [0.717, 1.165) is 11.1 Å². The second-order valence-corrected chi connectivity index (χ2v) is 5.71. The molecular weight excluding hydrogens is 306 g/mol. The summed E-state index contributed by atoms with van der Waals surface area (Å²) in [6.07, 6.45) is 5.66. The minimum absolute atomic E-state index is 0.0463. The molecule has 1 aromatic carbocycles. The number of amides is 1. The summed E-state index contributed by atoms with van der Waals surface area (Å²) in [6.45, 7) is 0.486. The highest BCUT2D eigenvalue weighted by atomic mass is 16.2. The zero-order valence-electron chi connectivity index (χ0n) is 13.6. The summed E-state index contributed by atoms with van der Waals surface area (Å²) >= 11 is 0. The third-order valence-electron chi connectivity index (χ3n) is 3.80. The van der Waals surface area contributed by atoms with E-state index >= 15 is 0 Å². The molecule has 0 aliphatic heterocycles. The average Bonchev–Trinajstić information content (AvgIpc) is 3.25. The number of aryl methyl sites for hydroxylation is 1. The molecule has 3 aromatic rings. The second-order valence-electron chi connectivity index (χ2n) is 5.71. The fourth-order valence-corrected chi connectivity index (χ4v) is 2.60. The molecular formula is C16H19N7O. The van der Waals surface area contributed by atoms with E-state index in [9.17, 15) is 4.79 Å². The summed E-state index contributed by atoms with van der Waals surface area (Å²) in [6, 6.07) is 9.36. The lowest BCUT2D eigenvalue weighted by Gasteiger charge is -2.23. The highest BCUT2D eigenvalue weighted by Gasteiger charge is 2.25. The highest BCUT2D eigenvalue weighted by molar-refractivity contribution is 5.80. The predicted octanol–water partition coefficient (Wildman–Crippen LogP) is 0.849. The topological polar surface area (TPSA) is 81.7 Å². The van der Waals surface area contributed by atoms with Gasteiger partial charge in [0.1, 0.15) is 12.4 Å². The van der Waals surface area contributed by atoms with E-state index < -0.39 is 6.04 Å². The van der Waals surface area contributed by atoms with E-state index in [4.69, 9.17) is 0 Å². The number of likely N-dealkylation sites (N-methyl/N-ethyl adjacent to an activating group) is 1. The fourth-order valence-electron chi connectivity index (χ4n) is 2.60. The standard InChI is InChI=1S/C16H19N7O/c1-21(10-14-9-18-22(2)11-14)16(24)15(23-12-17-19-20-23)8-13-6-4-3-5-7-13/h3-7,9,11-12,15H,8,10H2,1-2H3/t15-/m0/s1. The maximum absolute atomic E-state index is 12.9. The van der Waals surface area contributed by atoms with Gasteiger partial charge < -0.3 is 4.90 Å². The summed E-state index contributed by atoms with van der Waals surface area (Å²) in [5, 5.41) is 15.4. The first-order valence-electron chi connectivity index (χ1n) is 7.62. The van der Waals surface area contributed by atoms with E-state index in [0.29, 0.717) is 13.0 Å². The molecule has 3 rings (SSSR count). The minimum atomic E-state index is -0.482. The minimum Gasteiger partial charge on any atom is -0.339 e. The zero-order chi connectivity index (χ0) is 16.9. The first-order chi connectivity index (χ1) is 11.6. The van der Waals surface area contributed by atoms with Gasteiger partial charge >= 0.3 is 0 Å². The van der Waals surface area contributed by atoms with Gasteiger partial charge in [-0.2, -0.15) is 5.10 Å². The van der Waals surface area contributed by atoms with Crippen LogP contribution in [0.25, 0.3) is 0 Å². The molecule has 0 spiro atoms. The van der Waals surface area contributed by atoms with Crippen LogP contribution >= 0.6 is 0 Å². The van der Waals surface area contributed by atoms with Gasteiger partial charge in [0.25, 0.3) is 0 Å². The van der Waals surface area contributed by atoms with Gasteiger partial charge in [-0.25, -0.2) is 4.68 Å². The van der Waals surface area contributed by atoms with Gasteiger partial charge in [-0.05, 0) is 16.0 Å². The van der Waals surface area contributed by atoms with Gasteiger partial charge in [0, 0.05) is 38.8 Å². The van der Waals surface area contributed by atoms with Crippen LogP contribution in [-0.4, -0.2) is 47.8 Å². The Bertz CT molecular complexity index is 782. The van der Waals surface area contributed by atoms with Crippen molar-refractivity contribution in [2.24, 2.45) is 7.05 Å². The van der Waals surface area contributed by atoms with Crippen molar-refractivity contribution in [2.45, 2.75) is 19.0 Å². The van der Waals surface area contributed by atoms with E-state index in [-0.39, 0.29) is 5.91 Å². The SMILES string of the molecule is CN(Cc1cnn(C)c1)C(=O)[C@H](Cc1ccccc1)n1cnnn1. The Labute approximate surface area is 139 Å². The van der Waals surface area contributed by atoms with Crippen molar-refractivity contribution in [1.82, 2.24) is 34.9 Å². The van der Waals surface area contributed by atoms with Crippen molar-refractivity contribution < 1.29 is 4.79 Å². The van der Waals surface area contributed by atoms with Gasteiger partial charge in [0.15, 0.2) is 0 Å². The van der Waals surface area contributed by atoms with Crippen molar-refractivity contribution in [3.63, 3.8) is 0 Å². The van der Waals surface area contributed by atoms with Gasteiger partial charge in [-0.3, -0.25) is 9.48 Å². The molecule has 0 radical (unpaired) electrons. The van der Waals surface area contributed by atoms with Crippen molar-refractivity contribution in [3.05, 3.63) is 60.2 Å². The summed E-state index contributed by atoms with van der Waals surface area (Å²) in [4.78, 5) is 14.6. The van der Waals surface area contributed by atoms with Crippen LogP contribution in [-0.2, 0) is 24.8 Å². The Hall–Kier alpha value is -3.03. The number of benzene rings is 1. The summed E-state index contributed by atoms with van der Waals surface area (Å²) < 4.78 is 3.23. The molecule has 0 unspecified atom stereocenters. The van der Waals surface area contributed by atoms with Crippen LogP contribution in [0.5, 0.6) is 0 Å². The van der Waals surface area contributed by atoms with Crippen LogP contribution in [0.4, 0.5) is 0 Å². The molecule has 0 N–H and O–H groups in total. The largest absolute Gasteiger partial charge is 0.339 e. The maximum atomic E-state index is 12.9. The molecule has 24 heavy (non-hydrogen) atoms. The van der Waals surface area contributed by atoms with Crippen LogP contribution in [0.1, 0.15) is 17.2 Å². The quantitative estimate of drug-likeness (QED) is 0.671. The number of hydrogen-bond acceptors (Lipinski definition) is 5. The van der Waals surface area contributed by atoms with E-state index in [1.54, 1.807) is 22.8 Å². The van der Waals surface area contributed by atoms with Crippen LogP contribution in [0.3, 0.4) is 0 Å². The Morgan fingerprint density at radius 1 is 1.25 bits per heavy atom. The molecule has 0 fully saturated rings. The third-order valence-corrected chi connectivity index (χ3v) is 3.80. The number of aromatic nitrogens is 6. The van der Waals surface area contributed by atoms with E-state index in [2.05, 4.69) is 20.6 Å². The first-order valence-corrected chi connectivity index (χ1v) is 7.62. The number of rotatable bonds is 6. The fraction of sp³-hybridized carbons (Fsp3) is 0.312. The van der Waals surface area contributed by atoms with Crippen molar-refractivity contribution in [2.75, 3.05) is 7.05 Å². The molecule has 0 saturated carbocycles. The van der Waals surface area contributed by atoms with Crippen molar-refractivity contribution >= 4 is 5.91 Å². The molecule has 1 amide bonds. The second kappa shape index (κ2) is 7.03. The highest BCUT2D eigenvalue weighted by Crippen LogP contribution is 2.16. The van der Waals surface area contributed by atoms with Gasteiger partial charge in [-0.1, -0.05) is 30.3 Å². The Kier molecular flexibility index (Phi) is 4.64. The zero-order valence-corrected chi connectivity index (χ0v) is 13.6. The lowest BCUT2D eigenvalue weighted by Crippen LogP contribution is -2.35. The molecule has 0 aliphatic carbocycles. The number of carbonyl (C=O) groups excluding carboxylic acids is 1. The molecule has 0 aliphatic rings. The van der Waals surface area contributed by atoms with Crippen molar-refractivity contribution in [3.8, 4) is 0 Å². The van der Waals surface area contributed by atoms with Gasteiger partial charge in [0.05, 0.1) is 6.20 Å². The summed E-state index contributed by atoms with van der Waals surface area (Å²) in [5.41, 5.74) is 2.03. The van der Waals surface area contributed by atoms with Crippen LogP contribution in [0, 0.1) is 0 Å². The van der Waals surface area contributed by atoms with Crippen LogP contribution in [0.2, 0.25) is 0 Å². The summed E-state index contributed by atoms with van der Waals surface area (Å²) in [5.74, 6) is -0.0463. The molecule has 2 aromatic heterocycles. The average molecular weight is 325 g/mol. The molecule has 1 atom stereocenters. The maximum Gasteiger partial charge on any atom is 0.247 e. The normalized spacial score (nSPS) is 12.1. The summed E-state index contributed by atoms with van der Waals surface area (Å²) in [7, 11) is 3.63. The van der Waals surface area contributed by atoms with Crippen molar-refractivity contribution in [1.29, 1.82) is 0 Å². The van der Waals surface area contributed by atoms with Crippen LogP contribution < -0.4 is 0 Å². The van der Waals surface area contributed by atoms with Crippen LogP contribution in [0.15, 0.2) is 49.1 Å². The molecule has 124 valence electrons. The number of carbonyl (C=O) groups is 1. The lowest BCUT2D eigenvalue weighted by molar-refractivity contribution is -0.134. The number of tetrazole rings is 1. The van der Waals surface area contributed by atoms with E-state index in [1.165, 1.54) is 11.0 Å². The third kappa shape index (κ3) is 3.65. The Morgan fingerprint density at radius 3 is 2.67 bits per heavy atom. The van der Waals surface area contributed by atoms with E-state index in [1.807, 2.05) is 43.6 Å². The smallest absolute Gasteiger partial charge is 0.247 e. The first kappa shape index (κ1) is 15.9. The molecule has 2 heterocycles. The number of hydrogen-bond donors (Lipinski definition) is 0. The molecule has 8 nitrogen and oxygen atoms in total. The molecule has 0 bridgehead atoms. The number of nitrogens with zero attached hydrogens (tertiary/aromatic N) is 7. The monoisotopic (exact) mass is 325 g/mol. The Balaban J connectivity index is 1.78. The van der Waals surface area contributed by atoms with Gasteiger partial charge in [0.2, 0.25) is 5.91 Å². The molecule has 8 heteroatoms.